The molecule has 1 rings (SSSR count). The van der Waals surface area contributed by atoms with E-state index in [0.29, 0.717) is 6.42 Å². The number of hydrogen-bond donors (Lipinski definition) is 3. The number of nitrogens with one attached hydrogen (secondary N) is 2. The van der Waals surface area contributed by atoms with Gasteiger partial charge in [-0.2, -0.15) is 0 Å². The molecule has 0 aromatic heterocycles. The van der Waals surface area contributed by atoms with Crippen molar-refractivity contribution in [3.8, 4) is 0 Å². The Hall–Kier alpha value is -1.55. The Morgan fingerprint density at radius 3 is 2.47 bits per heavy atom. The van der Waals surface area contributed by atoms with Crippen LogP contribution in [-0.4, -0.2) is 11.9 Å². The Morgan fingerprint density at radius 1 is 1.40 bits per heavy atom. The second-order valence-corrected chi connectivity index (χ2v) is 3.48. The molecule has 4 heteroatoms. The number of anilines is 1. The molecule has 0 fully saturated rings. The van der Waals surface area contributed by atoms with Gasteiger partial charge in [0, 0.05) is 5.69 Å². The largest absolute Gasteiger partial charge is 0.374 e. The van der Waals surface area contributed by atoms with Crippen LogP contribution in [0.4, 0.5) is 5.69 Å². The van der Waals surface area contributed by atoms with Crippen molar-refractivity contribution in [2.45, 2.75) is 26.3 Å². The van der Waals surface area contributed by atoms with Crippen molar-refractivity contribution in [3.05, 3.63) is 29.8 Å². The lowest BCUT2D eigenvalue weighted by Gasteiger charge is -2.16. The molecule has 0 spiro atoms. The van der Waals surface area contributed by atoms with Crippen LogP contribution in [0.5, 0.6) is 0 Å². The minimum atomic E-state index is -0.280. The molecule has 0 radical (unpaired) electrons. The molecule has 0 aliphatic heterocycles. The Bertz CT molecular complexity index is 321. The maximum atomic E-state index is 11.3. The molecule has 1 atom stereocenters. The zero-order valence-corrected chi connectivity index (χ0v) is 9.08. The fourth-order valence-corrected chi connectivity index (χ4v) is 1.30. The van der Waals surface area contributed by atoms with Gasteiger partial charge in [0.25, 0.3) is 5.91 Å². The van der Waals surface area contributed by atoms with Crippen LogP contribution in [-0.2, 0) is 4.79 Å². The van der Waals surface area contributed by atoms with Crippen LogP contribution in [0.2, 0.25) is 0 Å². The number of amides is 1. The van der Waals surface area contributed by atoms with Gasteiger partial charge in [-0.15, -0.1) is 0 Å². The number of benzene rings is 1. The molecular weight excluding hydrogens is 190 g/mol. The zero-order chi connectivity index (χ0) is 11.3. The highest BCUT2D eigenvalue weighted by Crippen LogP contribution is 2.11. The summed E-state index contributed by atoms with van der Waals surface area (Å²) in [5.74, 6) is 4.89. The fourth-order valence-electron chi connectivity index (χ4n) is 1.30. The van der Waals surface area contributed by atoms with Gasteiger partial charge in [0.15, 0.2) is 0 Å². The maximum absolute atomic E-state index is 11.3. The summed E-state index contributed by atoms with van der Waals surface area (Å²) in [5, 5.41) is 3.11. The van der Waals surface area contributed by atoms with E-state index in [1.807, 2.05) is 38.1 Å². The van der Waals surface area contributed by atoms with Crippen LogP contribution < -0.4 is 16.6 Å². The predicted molar refractivity (Wildman–Crippen MR) is 61.2 cm³/mol. The third kappa shape index (κ3) is 3.25. The molecule has 0 heterocycles. The van der Waals surface area contributed by atoms with Crippen molar-refractivity contribution in [1.29, 1.82) is 0 Å². The third-order valence-corrected chi connectivity index (χ3v) is 2.26. The van der Waals surface area contributed by atoms with E-state index in [1.165, 1.54) is 5.56 Å². The Morgan fingerprint density at radius 2 is 2.00 bits per heavy atom. The van der Waals surface area contributed by atoms with Gasteiger partial charge >= 0.3 is 0 Å². The molecule has 4 N–H and O–H groups in total. The van der Waals surface area contributed by atoms with E-state index in [4.69, 9.17) is 5.84 Å². The van der Waals surface area contributed by atoms with Crippen LogP contribution in [0.25, 0.3) is 0 Å². The van der Waals surface area contributed by atoms with Gasteiger partial charge in [-0.3, -0.25) is 10.2 Å². The molecule has 15 heavy (non-hydrogen) atoms. The molecule has 1 amide bonds. The average molecular weight is 207 g/mol. The summed E-state index contributed by atoms with van der Waals surface area (Å²) in [6, 6.07) is 7.60. The van der Waals surface area contributed by atoms with E-state index >= 15 is 0 Å². The lowest BCUT2D eigenvalue weighted by atomic mass is 10.2. The number of aryl methyl sites for hydroxylation is 1. The monoisotopic (exact) mass is 207 g/mol. The summed E-state index contributed by atoms with van der Waals surface area (Å²) in [5.41, 5.74) is 4.26. The number of hydrazine groups is 1. The van der Waals surface area contributed by atoms with Crippen LogP contribution >= 0.6 is 0 Å². The first-order valence-electron chi connectivity index (χ1n) is 5.01. The van der Waals surface area contributed by atoms with Crippen molar-refractivity contribution < 1.29 is 4.79 Å². The van der Waals surface area contributed by atoms with Gasteiger partial charge in [-0.25, -0.2) is 5.84 Å². The Kier molecular flexibility index (Phi) is 4.12. The van der Waals surface area contributed by atoms with Crippen LogP contribution in [0, 0.1) is 6.92 Å². The summed E-state index contributed by atoms with van der Waals surface area (Å²) in [6.45, 7) is 3.95. The van der Waals surface area contributed by atoms with E-state index in [2.05, 4.69) is 10.7 Å². The van der Waals surface area contributed by atoms with Gasteiger partial charge < -0.3 is 5.32 Å². The minimum absolute atomic E-state index is 0.196. The molecule has 82 valence electrons. The maximum Gasteiger partial charge on any atom is 0.256 e. The topological polar surface area (TPSA) is 67.2 Å². The van der Waals surface area contributed by atoms with Gasteiger partial charge in [0.2, 0.25) is 0 Å². The first-order chi connectivity index (χ1) is 7.17. The summed E-state index contributed by atoms with van der Waals surface area (Å²) in [4.78, 5) is 11.3. The molecule has 1 aromatic rings. The van der Waals surface area contributed by atoms with E-state index in [9.17, 15) is 4.79 Å². The lowest BCUT2D eigenvalue weighted by Crippen LogP contribution is -2.42. The van der Waals surface area contributed by atoms with Gasteiger partial charge in [0.1, 0.15) is 6.04 Å². The third-order valence-electron chi connectivity index (χ3n) is 2.26. The Balaban J connectivity index is 2.66. The van der Waals surface area contributed by atoms with Crippen LogP contribution in [0.15, 0.2) is 24.3 Å². The first-order valence-corrected chi connectivity index (χ1v) is 5.01. The second kappa shape index (κ2) is 5.36. The second-order valence-electron chi connectivity index (χ2n) is 3.48. The van der Waals surface area contributed by atoms with E-state index < -0.39 is 0 Å². The molecule has 0 unspecified atom stereocenters. The normalized spacial score (nSPS) is 11.9. The van der Waals surface area contributed by atoms with Crippen molar-refractivity contribution in [2.75, 3.05) is 5.32 Å². The quantitative estimate of drug-likeness (QED) is 0.394. The highest BCUT2D eigenvalue weighted by molar-refractivity contribution is 5.83. The van der Waals surface area contributed by atoms with Gasteiger partial charge in [0.05, 0.1) is 0 Å². The molecule has 1 aromatic carbocycles. The number of rotatable bonds is 4. The van der Waals surface area contributed by atoms with Crippen molar-refractivity contribution >= 4 is 11.6 Å². The van der Waals surface area contributed by atoms with E-state index in [1.54, 1.807) is 0 Å². The highest BCUT2D eigenvalue weighted by atomic mass is 16.2. The zero-order valence-electron chi connectivity index (χ0n) is 9.08. The summed E-state index contributed by atoms with van der Waals surface area (Å²) in [6.07, 6.45) is 0.691. The number of carbonyl (C=O) groups is 1. The van der Waals surface area contributed by atoms with E-state index in [-0.39, 0.29) is 11.9 Å². The van der Waals surface area contributed by atoms with E-state index in [0.717, 1.165) is 5.69 Å². The van der Waals surface area contributed by atoms with Gasteiger partial charge in [-0.1, -0.05) is 24.6 Å². The molecule has 0 aliphatic carbocycles. The van der Waals surface area contributed by atoms with Crippen molar-refractivity contribution in [1.82, 2.24) is 5.43 Å². The number of nitrogens with two attached hydrogens (primary N) is 1. The SMILES string of the molecule is CC[C@H](Nc1ccc(C)cc1)C(=O)NN. The van der Waals surface area contributed by atoms with Crippen LogP contribution in [0.1, 0.15) is 18.9 Å². The molecule has 0 aliphatic rings. The lowest BCUT2D eigenvalue weighted by molar-refractivity contribution is -0.121. The summed E-state index contributed by atoms with van der Waals surface area (Å²) in [7, 11) is 0. The van der Waals surface area contributed by atoms with Gasteiger partial charge in [-0.05, 0) is 25.5 Å². The summed E-state index contributed by atoms with van der Waals surface area (Å²) >= 11 is 0. The molecule has 0 saturated carbocycles. The fraction of sp³-hybridized carbons (Fsp3) is 0.364. The molecular formula is C11H17N3O. The predicted octanol–water partition coefficient (Wildman–Crippen LogP) is 1.18. The smallest absolute Gasteiger partial charge is 0.256 e. The number of hydrogen-bond acceptors (Lipinski definition) is 3. The van der Waals surface area contributed by atoms with Crippen LogP contribution in [0.3, 0.4) is 0 Å². The average Bonchev–Trinajstić information content (AvgIpc) is 2.27. The minimum Gasteiger partial charge on any atom is -0.374 e. The molecule has 4 nitrogen and oxygen atoms in total. The number of carbonyl (C=O) groups excluding carboxylic acids is 1. The first kappa shape index (κ1) is 11.5. The highest BCUT2D eigenvalue weighted by Gasteiger charge is 2.14. The van der Waals surface area contributed by atoms with Crippen molar-refractivity contribution in [2.24, 2.45) is 5.84 Å². The summed E-state index contributed by atoms with van der Waals surface area (Å²) < 4.78 is 0. The Labute approximate surface area is 89.8 Å². The molecule has 0 saturated heterocycles. The van der Waals surface area contributed by atoms with Crippen molar-refractivity contribution in [3.63, 3.8) is 0 Å². The standard InChI is InChI=1S/C11H17N3O/c1-3-10(11(15)14-12)13-9-6-4-8(2)5-7-9/h4-7,10,13H,3,12H2,1-2H3,(H,14,15)/t10-/m0/s1. The molecule has 0 bridgehead atoms.